The summed E-state index contributed by atoms with van der Waals surface area (Å²) in [5, 5.41) is 3.17. The smallest absolute Gasteiger partial charge is 0.229 e. The second kappa shape index (κ2) is 6.51. The predicted octanol–water partition coefficient (Wildman–Crippen LogP) is 2.84. The van der Waals surface area contributed by atoms with Gasteiger partial charge < -0.3 is 10.2 Å². The highest BCUT2D eigenvalue weighted by molar-refractivity contribution is 5.96. The maximum absolute atomic E-state index is 13.9. The summed E-state index contributed by atoms with van der Waals surface area (Å²) in [5.74, 6) is -0.477. The molecule has 24 heavy (non-hydrogen) atoms. The van der Waals surface area contributed by atoms with Gasteiger partial charge in [0.15, 0.2) is 0 Å². The zero-order chi connectivity index (χ0) is 17.3. The lowest BCUT2D eigenvalue weighted by molar-refractivity contribution is -0.117. The lowest BCUT2D eigenvalue weighted by Crippen LogP contribution is -2.29. The van der Waals surface area contributed by atoms with Crippen molar-refractivity contribution in [2.24, 2.45) is 0 Å². The second-order valence-electron chi connectivity index (χ2n) is 5.78. The minimum atomic E-state index is -0.741. The van der Waals surface area contributed by atoms with Crippen molar-refractivity contribution in [2.45, 2.75) is 32.7 Å². The lowest BCUT2D eigenvalue weighted by atomic mass is 10.2. The summed E-state index contributed by atoms with van der Waals surface area (Å²) in [7, 11) is 0. The molecule has 1 aromatic carbocycles. The van der Waals surface area contributed by atoms with Crippen molar-refractivity contribution in [3.05, 3.63) is 47.4 Å². The van der Waals surface area contributed by atoms with Gasteiger partial charge in [0.2, 0.25) is 5.91 Å². The van der Waals surface area contributed by atoms with Crippen LogP contribution in [0.2, 0.25) is 0 Å². The monoisotopic (exact) mass is 332 g/mol. The van der Waals surface area contributed by atoms with E-state index in [9.17, 15) is 13.6 Å². The van der Waals surface area contributed by atoms with Crippen LogP contribution in [-0.4, -0.2) is 28.5 Å². The number of anilines is 2. The van der Waals surface area contributed by atoms with Crippen LogP contribution >= 0.6 is 0 Å². The zero-order valence-corrected chi connectivity index (χ0v) is 13.5. The molecule has 3 rings (SSSR count). The van der Waals surface area contributed by atoms with Crippen LogP contribution in [-0.2, 0) is 11.2 Å². The molecule has 5 nitrogen and oxygen atoms in total. The first kappa shape index (κ1) is 16.3. The molecular formula is C17H18F2N4O. The van der Waals surface area contributed by atoms with Crippen LogP contribution in [0.3, 0.4) is 0 Å². The summed E-state index contributed by atoms with van der Waals surface area (Å²) >= 11 is 0. The maximum atomic E-state index is 13.9. The molecule has 1 aliphatic rings. The van der Waals surface area contributed by atoms with Crippen LogP contribution in [0.1, 0.15) is 24.9 Å². The van der Waals surface area contributed by atoms with E-state index in [4.69, 9.17) is 0 Å². The molecule has 7 heteroatoms. The van der Waals surface area contributed by atoms with Crippen molar-refractivity contribution >= 4 is 17.4 Å². The molecule has 2 heterocycles. The van der Waals surface area contributed by atoms with Crippen molar-refractivity contribution in [1.29, 1.82) is 0 Å². The Balaban J connectivity index is 1.79. The fourth-order valence-corrected chi connectivity index (χ4v) is 2.84. The van der Waals surface area contributed by atoms with Gasteiger partial charge in [0, 0.05) is 31.1 Å². The van der Waals surface area contributed by atoms with E-state index in [0.29, 0.717) is 18.1 Å². The van der Waals surface area contributed by atoms with Crippen molar-refractivity contribution in [3.63, 3.8) is 0 Å². The Morgan fingerprint density at radius 2 is 2.00 bits per heavy atom. The number of amides is 1. The number of nitrogens with zero attached hydrogens (tertiary/aromatic N) is 3. The molecule has 1 aliphatic heterocycles. The predicted molar refractivity (Wildman–Crippen MR) is 86.9 cm³/mol. The van der Waals surface area contributed by atoms with Gasteiger partial charge in [-0.1, -0.05) is 13.0 Å². The fraction of sp³-hybridized carbons (Fsp3) is 0.353. The average Bonchev–Trinajstić information content (AvgIpc) is 2.86. The van der Waals surface area contributed by atoms with Crippen molar-refractivity contribution < 1.29 is 13.6 Å². The molecule has 1 aromatic heterocycles. The Morgan fingerprint density at radius 1 is 1.29 bits per heavy atom. The summed E-state index contributed by atoms with van der Waals surface area (Å²) in [4.78, 5) is 22.0. The highest BCUT2D eigenvalue weighted by atomic mass is 19.1. The zero-order valence-electron chi connectivity index (χ0n) is 13.5. The van der Waals surface area contributed by atoms with Crippen LogP contribution < -0.4 is 10.2 Å². The third-order valence-corrected chi connectivity index (χ3v) is 3.90. The molecule has 0 aliphatic carbocycles. The largest absolute Gasteiger partial charge is 0.365 e. The van der Waals surface area contributed by atoms with Crippen LogP contribution in [0.15, 0.2) is 24.3 Å². The number of hydrogen-bond donors (Lipinski definition) is 1. The number of aromatic nitrogens is 2. The average molecular weight is 332 g/mol. The van der Waals surface area contributed by atoms with E-state index in [1.807, 2.05) is 13.8 Å². The molecule has 1 atom stereocenters. The van der Waals surface area contributed by atoms with Crippen LogP contribution in [0.5, 0.6) is 0 Å². The number of rotatable bonds is 4. The van der Waals surface area contributed by atoms with Crippen molar-refractivity contribution in [2.75, 3.05) is 16.8 Å². The lowest BCUT2D eigenvalue weighted by Gasteiger charge is -2.19. The third kappa shape index (κ3) is 3.20. The molecule has 1 fully saturated rings. The van der Waals surface area contributed by atoms with Gasteiger partial charge in [0.05, 0.1) is 6.04 Å². The standard InChI is InChI=1S/C17H18F2N4O/c1-3-14-20-10(2)7-15(22-14)21-11-8-16(24)23(9-11)17-12(18)5-4-6-13(17)19/h4-7,11H,3,8-9H2,1-2H3,(H,20,21,22). The van der Waals surface area contributed by atoms with E-state index in [2.05, 4.69) is 15.3 Å². The highest BCUT2D eigenvalue weighted by Gasteiger charge is 2.33. The number of nitrogens with one attached hydrogen (secondary N) is 1. The number of carbonyl (C=O) groups excluding carboxylic acids is 1. The van der Waals surface area contributed by atoms with Crippen LogP contribution in [0, 0.1) is 18.6 Å². The summed E-state index contributed by atoms with van der Waals surface area (Å²) in [5.41, 5.74) is 0.533. The molecule has 1 saturated heterocycles. The van der Waals surface area contributed by atoms with Crippen molar-refractivity contribution in [1.82, 2.24) is 9.97 Å². The van der Waals surface area contributed by atoms with Gasteiger partial charge in [0.1, 0.15) is 29.0 Å². The van der Waals surface area contributed by atoms with Crippen LogP contribution in [0.25, 0.3) is 0 Å². The first-order valence-electron chi connectivity index (χ1n) is 7.83. The summed E-state index contributed by atoms with van der Waals surface area (Å²) in [6.07, 6.45) is 0.852. The Bertz CT molecular complexity index is 761. The molecule has 0 spiro atoms. The molecular weight excluding hydrogens is 314 g/mol. The summed E-state index contributed by atoms with van der Waals surface area (Å²) in [6.45, 7) is 4.01. The van der Waals surface area contributed by atoms with Gasteiger partial charge in [0.25, 0.3) is 0 Å². The van der Waals surface area contributed by atoms with Gasteiger partial charge in [-0.25, -0.2) is 18.7 Å². The van der Waals surface area contributed by atoms with Gasteiger partial charge in [-0.15, -0.1) is 0 Å². The minimum Gasteiger partial charge on any atom is -0.365 e. The van der Waals surface area contributed by atoms with Gasteiger partial charge >= 0.3 is 0 Å². The quantitative estimate of drug-likeness (QED) is 0.935. The number of aryl methyl sites for hydroxylation is 2. The molecule has 1 unspecified atom stereocenters. The molecule has 1 N–H and O–H groups in total. The maximum Gasteiger partial charge on any atom is 0.229 e. The van der Waals surface area contributed by atoms with E-state index in [1.165, 1.54) is 6.07 Å². The number of para-hydroxylation sites is 1. The fourth-order valence-electron chi connectivity index (χ4n) is 2.84. The third-order valence-electron chi connectivity index (χ3n) is 3.90. The SMILES string of the molecule is CCc1nc(C)cc(NC2CC(=O)N(c3c(F)cccc3F)C2)n1. The van der Waals surface area contributed by atoms with E-state index in [0.717, 1.165) is 22.7 Å². The Kier molecular flexibility index (Phi) is 4.42. The van der Waals surface area contributed by atoms with Gasteiger partial charge in [-0.05, 0) is 19.1 Å². The molecule has 0 bridgehead atoms. The van der Waals surface area contributed by atoms with Crippen LogP contribution in [0.4, 0.5) is 20.3 Å². The van der Waals surface area contributed by atoms with Gasteiger partial charge in [-0.2, -0.15) is 0 Å². The second-order valence-corrected chi connectivity index (χ2v) is 5.78. The Hall–Kier alpha value is -2.57. The van der Waals surface area contributed by atoms with E-state index in [1.54, 1.807) is 6.07 Å². The molecule has 2 aromatic rings. The first-order valence-corrected chi connectivity index (χ1v) is 7.83. The Labute approximate surface area is 138 Å². The molecule has 1 amide bonds. The number of carbonyl (C=O) groups is 1. The summed E-state index contributed by atoms with van der Waals surface area (Å²) < 4.78 is 27.8. The Morgan fingerprint density at radius 3 is 2.67 bits per heavy atom. The van der Waals surface area contributed by atoms with E-state index >= 15 is 0 Å². The number of benzene rings is 1. The number of hydrogen-bond acceptors (Lipinski definition) is 4. The topological polar surface area (TPSA) is 58.1 Å². The molecule has 126 valence electrons. The first-order chi connectivity index (χ1) is 11.5. The van der Waals surface area contributed by atoms with Crippen molar-refractivity contribution in [3.8, 4) is 0 Å². The normalized spacial score (nSPS) is 17.4. The van der Waals surface area contributed by atoms with Gasteiger partial charge in [-0.3, -0.25) is 4.79 Å². The van der Waals surface area contributed by atoms with E-state index < -0.39 is 11.6 Å². The molecule has 0 saturated carbocycles. The number of halogens is 2. The minimum absolute atomic E-state index is 0.151. The van der Waals surface area contributed by atoms with E-state index in [-0.39, 0.29) is 30.6 Å². The molecule has 0 radical (unpaired) electrons. The summed E-state index contributed by atoms with van der Waals surface area (Å²) in [6, 6.07) is 5.09. The highest BCUT2D eigenvalue weighted by Crippen LogP contribution is 2.28.